The molecule has 2 amide bonds. The molecule has 0 atom stereocenters. The van der Waals surface area contributed by atoms with Crippen molar-refractivity contribution in [3.63, 3.8) is 0 Å². The first kappa shape index (κ1) is 20.6. The summed E-state index contributed by atoms with van der Waals surface area (Å²) in [5.74, 6) is 2.30. The molecule has 146 valence electrons. The van der Waals surface area contributed by atoms with Gasteiger partial charge in [0.2, 0.25) is 0 Å². The van der Waals surface area contributed by atoms with Crippen molar-refractivity contribution < 1.29 is 19.2 Å². The molecule has 0 N–H and O–H groups in total. The van der Waals surface area contributed by atoms with E-state index in [0.717, 1.165) is 21.1 Å². The van der Waals surface area contributed by atoms with Crippen LogP contribution in [0.25, 0.3) is 6.08 Å². The molecule has 29 heavy (non-hydrogen) atoms. The van der Waals surface area contributed by atoms with E-state index in [1.807, 2.05) is 0 Å². The van der Waals surface area contributed by atoms with Crippen LogP contribution in [0.5, 0.6) is 5.75 Å². The summed E-state index contributed by atoms with van der Waals surface area (Å²) in [6, 6.07) is 11.4. The van der Waals surface area contributed by atoms with Gasteiger partial charge in [0.05, 0.1) is 16.4 Å². The molecule has 1 heterocycles. The topological polar surface area (TPSA) is 89.8 Å². The number of nitrogens with zero attached hydrogens (tertiary/aromatic N) is 2. The second-order valence-electron chi connectivity index (χ2n) is 5.87. The van der Waals surface area contributed by atoms with E-state index in [4.69, 9.17) is 11.2 Å². The second kappa shape index (κ2) is 8.94. The second-order valence-corrected chi connectivity index (χ2v) is 7.78. The standard InChI is InChI=1S/C20H13BrN2O5S/c1-2-8-22-19(24)18(29-20(22)25)11-14-10-15(21)6-7-17(14)28-12-13-4-3-5-16(9-13)23(26)27/h1,3-7,9-11H,8,12H2. The molecule has 1 aliphatic heterocycles. The summed E-state index contributed by atoms with van der Waals surface area (Å²) >= 11 is 4.18. The number of amides is 2. The van der Waals surface area contributed by atoms with Crippen molar-refractivity contribution in [1.29, 1.82) is 0 Å². The van der Waals surface area contributed by atoms with Crippen molar-refractivity contribution >= 4 is 50.6 Å². The smallest absolute Gasteiger partial charge is 0.294 e. The number of ether oxygens (including phenoxy) is 1. The Hall–Kier alpha value is -3.09. The maximum atomic E-state index is 12.4. The number of imide groups is 1. The van der Waals surface area contributed by atoms with Crippen molar-refractivity contribution in [3.8, 4) is 18.1 Å². The van der Waals surface area contributed by atoms with E-state index in [-0.39, 0.29) is 23.7 Å². The highest BCUT2D eigenvalue weighted by Gasteiger charge is 2.34. The minimum absolute atomic E-state index is 0.0238. The van der Waals surface area contributed by atoms with Gasteiger partial charge < -0.3 is 4.74 Å². The number of nitro benzene ring substituents is 1. The van der Waals surface area contributed by atoms with Crippen LogP contribution in [0.1, 0.15) is 11.1 Å². The summed E-state index contributed by atoms with van der Waals surface area (Å²) in [5, 5.41) is 10.5. The summed E-state index contributed by atoms with van der Waals surface area (Å²) in [6.45, 7) is 0.0133. The number of nitro groups is 1. The number of thioether (sulfide) groups is 1. The van der Waals surface area contributed by atoms with Crippen LogP contribution in [-0.4, -0.2) is 27.5 Å². The van der Waals surface area contributed by atoms with Crippen LogP contribution in [0, 0.1) is 22.5 Å². The first-order valence-electron chi connectivity index (χ1n) is 8.23. The van der Waals surface area contributed by atoms with Gasteiger partial charge in [-0.25, -0.2) is 0 Å². The van der Waals surface area contributed by atoms with Crippen molar-refractivity contribution in [3.05, 3.63) is 73.1 Å². The number of terminal acetylenes is 1. The van der Waals surface area contributed by atoms with Crippen LogP contribution >= 0.6 is 27.7 Å². The summed E-state index contributed by atoms with van der Waals surface area (Å²) < 4.78 is 6.58. The molecule has 1 saturated heterocycles. The molecule has 9 heteroatoms. The molecule has 1 aliphatic rings. The number of non-ortho nitro benzene ring substituents is 1. The number of carbonyl (C=O) groups excluding carboxylic acids is 2. The predicted octanol–water partition coefficient (Wildman–Crippen LogP) is 4.61. The molecule has 0 spiro atoms. The Kier molecular flexibility index (Phi) is 6.36. The Balaban J connectivity index is 1.85. The predicted molar refractivity (Wildman–Crippen MR) is 113 cm³/mol. The fraction of sp³-hybridized carbons (Fsp3) is 0.100. The third-order valence-electron chi connectivity index (χ3n) is 3.90. The summed E-state index contributed by atoms with van der Waals surface area (Å²) in [4.78, 5) is 36.0. The molecule has 3 rings (SSSR count). The number of rotatable bonds is 6. The Morgan fingerprint density at radius 1 is 1.28 bits per heavy atom. The Labute approximate surface area is 179 Å². The normalized spacial score (nSPS) is 14.9. The minimum atomic E-state index is -0.471. The number of hydrogen-bond donors (Lipinski definition) is 0. The highest BCUT2D eigenvalue weighted by molar-refractivity contribution is 9.10. The zero-order valence-electron chi connectivity index (χ0n) is 14.8. The van der Waals surface area contributed by atoms with Crippen LogP contribution in [0.3, 0.4) is 0 Å². The fourth-order valence-electron chi connectivity index (χ4n) is 2.55. The van der Waals surface area contributed by atoms with E-state index >= 15 is 0 Å². The third-order valence-corrected chi connectivity index (χ3v) is 5.30. The molecule has 0 bridgehead atoms. The monoisotopic (exact) mass is 472 g/mol. The van der Waals surface area contributed by atoms with Gasteiger partial charge in [0.15, 0.2) is 0 Å². The third kappa shape index (κ3) is 4.85. The molecule has 0 aliphatic carbocycles. The van der Waals surface area contributed by atoms with Gasteiger partial charge in [0, 0.05) is 22.2 Å². The highest BCUT2D eigenvalue weighted by atomic mass is 79.9. The Morgan fingerprint density at radius 3 is 2.79 bits per heavy atom. The Bertz CT molecular complexity index is 1080. The lowest BCUT2D eigenvalue weighted by atomic mass is 10.1. The lowest BCUT2D eigenvalue weighted by Gasteiger charge is -2.11. The zero-order chi connectivity index (χ0) is 21.0. The summed E-state index contributed by atoms with van der Waals surface area (Å²) in [7, 11) is 0. The summed E-state index contributed by atoms with van der Waals surface area (Å²) in [6.07, 6.45) is 6.77. The molecule has 0 radical (unpaired) electrons. The molecule has 0 saturated carbocycles. The van der Waals surface area contributed by atoms with Crippen LogP contribution in [-0.2, 0) is 11.4 Å². The molecule has 0 aromatic heterocycles. The molecule has 1 fully saturated rings. The average molecular weight is 473 g/mol. The van der Waals surface area contributed by atoms with Crippen molar-refractivity contribution in [1.82, 2.24) is 4.90 Å². The molecular weight excluding hydrogens is 460 g/mol. The van der Waals surface area contributed by atoms with E-state index in [9.17, 15) is 19.7 Å². The number of halogens is 1. The lowest BCUT2D eigenvalue weighted by molar-refractivity contribution is -0.384. The molecular formula is C20H13BrN2O5S. The minimum Gasteiger partial charge on any atom is -0.488 e. The average Bonchev–Trinajstić information content (AvgIpc) is 2.95. The molecule has 2 aromatic rings. The van der Waals surface area contributed by atoms with Gasteiger partial charge in [-0.2, -0.15) is 0 Å². The fourth-order valence-corrected chi connectivity index (χ4v) is 3.76. The van der Waals surface area contributed by atoms with Gasteiger partial charge in [-0.05, 0) is 41.6 Å². The largest absolute Gasteiger partial charge is 0.488 e. The maximum Gasteiger partial charge on any atom is 0.294 e. The van der Waals surface area contributed by atoms with Gasteiger partial charge in [-0.3, -0.25) is 24.6 Å². The van der Waals surface area contributed by atoms with E-state index in [1.165, 1.54) is 12.1 Å². The van der Waals surface area contributed by atoms with Crippen molar-refractivity contribution in [2.75, 3.05) is 6.54 Å². The first-order valence-corrected chi connectivity index (χ1v) is 9.84. The number of benzene rings is 2. The van der Waals surface area contributed by atoms with Crippen molar-refractivity contribution in [2.24, 2.45) is 0 Å². The van der Waals surface area contributed by atoms with Gasteiger partial charge in [-0.15, -0.1) is 6.42 Å². The number of hydrogen-bond acceptors (Lipinski definition) is 6. The quantitative estimate of drug-likeness (QED) is 0.264. The summed E-state index contributed by atoms with van der Waals surface area (Å²) in [5.41, 5.74) is 1.18. The van der Waals surface area contributed by atoms with E-state index < -0.39 is 16.1 Å². The van der Waals surface area contributed by atoms with E-state index in [0.29, 0.717) is 16.9 Å². The van der Waals surface area contributed by atoms with Gasteiger partial charge in [0.1, 0.15) is 12.4 Å². The number of carbonyl (C=O) groups is 2. The molecule has 2 aromatic carbocycles. The van der Waals surface area contributed by atoms with Gasteiger partial charge >= 0.3 is 0 Å². The van der Waals surface area contributed by atoms with Gasteiger partial charge in [-0.1, -0.05) is 34.0 Å². The SMILES string of the molecule is C#CCN1C(=O)SC(=Cc2cc(Br)ccc2OCc2cccc([N+](=O)[O-])c2)C1=O. The highest BCUT2D eigenvalue weighted by Crippen LogP contribution is 2.35. The molecule has 0 unspecified atom stereocenters. The van der Waals surface area contributed by atoms with Crippen LogP contribution < -0.4 is 4.74 Å². The maximum absolute atomic E-state index is 12.4. The van der Waals surface area contributed by atoms with Crippen molar-refractivity contribution in [2.45, 2.75) is 6.61 Å². The van der Waals surface area contributed by atoms with Crippen LogP contribution in [0.15, 0.2) is 51.8 Å². The van der Waals surface area contributed by atoms with E-state index in [1.54, 1.807) is 36.4 Å². The zero-order valence-corrected chi connectivity index (χ0v) is 17.2. The lowest BCUT2D eigenvalue weighted by Crippen LogP contribution is -2.28. The Morgan fingerprint density at radius 2 is 2.07 bits per heavy atom. The van der Waals surface area contributed by atoms with Gasteiger partial charge in [0.25, 0.3) is 16.8 Å². The van der Waals surface area contributed by atoms with E-state index in [2.05, 4.69) is 21.9 Å². The van der Waals surface area contributed by atoms with Crippen LogP contribution in [0.4, 0.5) is 10.5 Å². The van der Waals surface area contributed by atoms with Crippen LogP contribution in [0.2, 0.25) is 0 Å². The first-order chi connectivity index (χ1) is 13.9. The molecule has 7 nitrogen and oxygen atoms in total.